The minimum Gasteiger partial charge on any atom is -0.369 e. The second-order valence-corrected chi connectivity index (χ2v) is 7.00. The molecule has 1 saturated heterocycles. The molecule has 1 aliphatic heterocycles. The first-order valence-corrected chi connectivity index (χ1v) is 8.56. The van der Waals surface area contributed by atoms with Crippen molar-refractivity contribution in [3.05, 3.63) is 59.7 Å². The van der Waals surface area contributed by atoms with Gasteiger partial charge in [-0.05, 0) is 31.4 Å². The van der Waals surface area contributed by atoms with Gasteiger partial charge in [-0.2, -0.15) is 0 Å². The molecule has 0 radical (unpaired) electrons. The lowest BCUT2D eigenvalue weighted by molar-refractivity contribution is -0.123. The van der Waals surface area contributed by atoms with Crippen molar-refractivity contribution in [3.8, 4) is 0 Å². The van der Waals surface area contributed by atoms with Gasteiger partial charge in [0, 0.05) is 37.0 Å². The van der Waals surface area contributed by atoms with Gasteiger partial charge in [-0.25, -0.2) is 9.97 Å². The van der Waals surface area contributed by atoms with E-state index < -0.39 is 5.41 Å². The Bertz CT molecular complexity index is 727. The number of amides is 1. The van der Waals surface area contributed by atoms with E-state index >= 15 is 0 Å². The molecule has 1 aliphatic carbocycles. The van der Waals surface area contributed by atoms with E-state index in [9.17, 15) is 4.79 Å². The zero-order valence-electron chi connectivity index (χ0n) is 13.7. The molecule has 5 nitrogen and oxygen atoms in total. The zero-order valence-corrected chi connectivity index (χ0v) is 13.7. The predicted octanol–water partition coefficient (Wildman–Crippen LogP) is 1.98. The van der Waals surface area contributed by atoms with Crippen molar-refractivity contribution >= 4 is 5.91 Å². The first-order chi connectivity index (χ1) is 11.7. The average molecular weight is 322 g/mol. The molecule has 2 aliphatic rings. The molecule has 1 aromatic carbocycles. The van der Waals surface area contributed by atoms with Gasteiger partial charge in [-0.15, -0.1) is 0 Å². The number of carbonyl (C=O) groups is 1. The average Bonchev–Trinajstić information content (AvgIpc) is 3.37. The summed E-state index contributed by atoms with van der Waals surface area (Å²) in [5, 5.41) is 0. The van der Waals surface area contributed by atoms with E-state index in [0.717, 1.165) is 36.5 Å². The lowest BCUT2D eigenvalue weighted by Crippen LogP contribution is -2.43. The molecule has 24 heavy (non-hydrogen) atoms. The molecule has 1 amide bonds. The van der Waals surface area contributed by atoms with Gasteiger partial charge in [0.1, 0.15) is 5.82 Å². The van der Waals surface area contributed by atoms with Crippen LogP contribution >= 0.6 is 0 Å². The van der Waals surface area contributed by atoms with Crippen molar-refractivity contribution in [1.29, 1.82) is 0 Å². The molecule has 2 heterocycles. The minimum atomic E-state index is -0.587. The van der Waals surface area contributed by atoms with Crippen LogP contribution in [0.25, 0.3) is 0 Å². The molecular weight excluding hydrogens is 300 g/mol. The van der Waals surface area contributed by atoms with Crippen molar-refractivity contribution in [2.45, 2.75) is 37.1 Å². The molecule has 1 unspecified atom stereocenters. The van der Waals surface area contributed by atoms with E-state index in [2.05, 4.69) is 14.9 Å². The number of rotatable bonds is 5. The fourth-order valence-electron chi connectivity index (χ4n) is 3.62. The summed E-state index contributed by atoms with van der Waals surface area (Å²) in [5.41, 5.74) is 7.31. The number of likely N-dealkylation sites (tertiary alicyclic amines) is 1. The maximum absolute atomic E-state index is 12.2. The number of carbonyl (C=O) groups excluding carboxylic acids is 1. The van der Waals surface area contributed by atoms with Crippen LogP contribution in [0.5, 0.6) is 0 Å². The highest BCUT2D eigenvalue weighted by atomic mass is 16.1. The van der Waals surface area contributed by atoms with E-state index in [0.29, 0.717) is 12.5 Å². The molecule has 2 aromatic rings. The van der Waals surface area contributed by atoms with Crippen LogP contribution in [0.3, 0.4) is 0 Å². The molecule has 0 spiro atoms. The largest absolute Gasteiger partial charge is 0.369 e. The Labute approximate surface area is 141 Å². The zero-order chi connectivity index (χ0) is 16.6. The summed E-state index contributed by atoms with van der Waals surface area (Å²) in [6.07, 6.45) is 7.03. The fourth-order valence-corrected chi connectivity index (χ4v) is 3.62. The first-order valence-electron chi connectivity index (χ1n) is 8.56. The van der Waals surface area contributed by atoms with Crippen LogP contribution in [-0.2, 0) is 16.8 Å². The molecular formula is C19H22N4O. The van der Waals surface area contributed by atoms with E-state index in [1.54, 1.807) is 0 Å². The standard InChI is InChI=1S/C19H22N4O/c20-18(24)19(16-4-2-1-3-5-16)8-9-23(13-19)12-14-10-21-17(22-11-14)15-6-7-15/h1-5,10-11,15H,6-9,12-13H2,(H2,20,24). The monoisotopic (exact) mass is 322 g/mol. The molecule has 124 valence electrons. The van der Waals surface area contributed by atoms with Crippen LogP contribution in [0.4, 0.5) is 0 Å². The molecule has 2 fully saturated rings. The van der Waals surface area contributed by atoms with Gasteiger partial charge in [0.05, 0.1) is 5.41 Å². The Kier molecular flexibility index (Phi) is 3.81. The summed E-state index contributed by atoms with van der Waals surface area (Å²) in [4.78, 5) is 23.5. The van der Waals surface area contributed by atoms with Crippen LogP contribution in [-0.4, -0.2) is 33.9 Å². The molecule has 1 saturated carbocycles. The predicted molar refractivity (Wildman–Crippen MR) is 91.2 cm³/mol. The third-order valence-electron chi connectivity index (χ3n) is 5.22. The molecule has 5 heteroatoms. The minimum absolute atomic E-state index is 0.239. The van der Waals surface area contributed by atoms with Gasteiger partial charge in [0.25, 0.3) is 0 Å². The van der Waals surface area contributed by atoms with Crippen LogP contribution in [0, 0.1) is 0 Å². The van der Waals surface area contributed by atoms with Gasteiger partial charge < -0.3 is 5.73 Å². The van der Waals surface area contributed by atoms with E-state index in [1.165, 1.54) is 12.8 Å². The van der Waals surface area contributed by atoms with E-state index in [1.807, 2.05) is 42.7 Å². The molecule has 1 atom stereocenters. The van der Waals surface area contributed by atoms with E-state index in [4.69, 9.17) is 5.73 Å². The van der Waals surface area contributed by atoms with Gasteiger partial charge in [0.2, 0.25) is 5.91 Å². The smallest absolute Gasteiger partial charge is 0.229 e. The third kappa shape index (κ3) is 2.80. The normalized spacial score (nSPS) is 24.2. The highest BCUT2D eigenvalue weighted by Crippen LogP contribution is 2.38. The summed E-state index contributed by atoms with van der Waals surface area (Å²) in [7, 11) is 0. The highest BCUT2D eigenvalue weighted by molar-refractivity contribution is 5.87. The summed E-state index contributed by atoms with van der Waals surface area (Å²) in [6.45, 7) is 2.26. The lowest BCUT2D eigenvalue weighted by Gasteiger charge is -2.26. The number of hydrogen-bond acceptors (Lipinski definition) is 4. The van der Waals surface area contributed by atoms with Gasteiger partial charge in [0.15, 0.2) is 0 Å². The third-order valence-corrected chi connectivity index (χ3v) is 5.22. The van der Waals surface area contributed by atoms with Crippen LogP contribution in [0.15, 0.2) is 42.7 Å². The maximum Gasteiger partial charge on any atom is 0.229 e. The van der Waals surface area contributed by atoms with E-state index in [-0.39, 0.29) is 5.91 Å². The Morgan fingerprint density at radius 3 is 2.54 bits per heavy atom. The molecule has 4 rings (SSSR count). The topological polar surface area (TPSA) is 72.1 Å². The summed E-state index contributed by atoms with van der Waals surface area (Å²) in [5.74, 6) is 1.30. The summed E-state index contributed by atoms with van der Waals surface area (Å²) in [6, 6.07) is 9.90. The summed E-state index contributed by atoms with van der Waals surface area (Å²) < 4.78 is 0. The van der Waals surface area contributed by atoms with Crippen molar-refractivity contribution in [3.63, 3.8) is 0 Å². The Balaban J connectivity index is 1.49. The quantitative estimate of drug-likeness (QED) is 0.913. The number of hydrogen-bond donors (Lipinski definition) is 1. The first kappa shape index (κ1) is 15.3. The molecule has 0 bridgehead atoms. The SMILES string of the molecule is NC(=O)C1(c2ccccc2)CCN(Cc2cnc(C3CC3)nc2)C1. The van der Waals surface area contributed by atoms with Gasteiger partial charge in [-0.3, -0.25) is 9.69 Å². The number of primary amides is 1. The molecule has 1 aromatic heterocycles. The van der Waals surface area contributed by atoms with Gasteiger partial charge in [-0.1, -0.05) is 30.3 Å². The maximum atomic E-state index is 12.2. The second-order valence-electron chi connectivity index (χ2n) is 7.00. The number of nitrogens with two attached hydrogens (primary N) is 1. The number of aromatic nitrogens is 2. The van der Waals surface area contributed by atoms with Crippen molar-refractivity contribution < 1.29 is 4.79 Å². The Morgan fingerprint density at radius 1 is 1.21 bits per heavy atom. The number of nitrogens with zero attached hydrogens (tertiary/aromatic N) is 3. The summed E-state index contributed by atoms with van der Waals surface area (Å²) >= 11 is 0. The Morgan fingerprint density at radius 2 is 1.92 bits per heavy atom. The molecule has 2 N–H and O–H groups in total. The van der Waals surface area contributed by atoms with Crippen LogP contribution in [0.2, 0.25) is 0 Å². The second kappa shape index (κ2) is 5.98. The van der Waals surface area contributed by atoms with Crippen molar-refractivity contribution in [2.24, 2.45) is 5.73 Å². The number of benzene rings is 1. The van der Waals surface area contributed by atoms with Crippen LogP contribution < -0.4 is 5.73 Å². The van der Waals surface area contributed by atoms with Gasteiger partial charge >= 0.3 is 0 Å². The van der Waals surface area contributed by atoms with Crippen LogP contribution in [0.1, 0.15) is 42.1 Å². The lowest BCUT2D eigenvalue weighted by atomic mass is 9.79. The highest BCUT2D eigenvalue weighted by Gasteiger charge is 2.44. The fraction of sp³-hybridized carbons (Fsp3) is 0.421. The van der Waals surface area contributed by atoms with Crippen molar-refractivity contribution in [1.82, 2.24) is 14.9 Å². The van der Waals surface area contributed by atoms with Crippen molar-refractivity contribution in [2.75, 3.05) is 13.1 Å². The Hall–Kier alpha value is -2.27.